The summed E-state index contributed by atoms with van der Waals surface area (Å²) < 4.78 is 7.53. The minimum atomic E-state index is -0.425. The van der Waals surface area contributed by atoms with Gasteiger partial charge in [0.2, 0.25) is 0 Å². The number of ether oxygens (including phenoxy) is 1. The maximum atomic E-state index is 10.8. The molecule has 0 aliphatic carbocycles. The number of alkyl halides is 1. The van der Waals surface area contributed by atoms with Crippen LogP contribution in [0.25, 0.3) is 0 Å². The fourth-order valence-electron chi connectivity index (χ4n) is 1.56. The van der Waals surface area contributed by atoms with Crippen LogP contribution >= 0.6 is 47.8 Å². The van der Waals surface area contributed by atoms with Gasteiger partial charge in [0.25, 0.3) is 5.69 Å². The summed E-state index contributed by atoms with van der Waals surface area (Å²) in [5, 5.41) is 11.2. The highest BCUT2D eigenvalue weighted by atomic mass is 79.9. The molecule has 2 rings (SSSR count). The first-order chi connectivity index (χ1) is 9.51. The Labute approximate surface area is 140 Å². The molecule has 0 unspecified atom stereocenters. The van der Waals surface area contributed by atoms with Crippen molar-refractivity contribution in [1.82, 2.24) is 0 Å². The Hall–Kier alpha value is -0.920. The number of non-ortho nitro benzene ring substituents is 1. The van der Waals surface area contributed by atoms with Gasteiger partial charge in [0.1, 0.15) is 11.5 Å². The van der Waals surface area contributed by atoms with E-state index in [1.807, 2.05) is 18.2 Å². The Morgan fingerprint density at radius 2 is 1.80 bits per heavy atom. The van der Waals surface area contributed by atoms with Gasteiger partial charge in [0.05, 0.1) is 9.40 Å². The quantitative estimate of drug-likeness (QED) is 0.325. The van der Waals surface area contributed by atoms with Gasteiger partial charge in [-0.25, -0.2) is 0 Å². The summed E-state index contributed by atoms with van der Waals surface area (Å²) in [6.45, 7) is 0. The molecule has 0 bridgehead atoms. The fourth-order valence-corrected chi connectivity index (χ4v) is 3.13. The van der Waals surface area contributed by atoms with E-state index in [1.165, 1.54) is 12.1 Å². The van der Waals surface area contributed by atoms with E-state index in [0.29, 0.717) is 22.4 Å². The van der Waals surface area contributed by atoms with E-state index in [1.54, 1.807) is 6.07 Å². The second-order valence-corrected chi connectivity index (χ2v) is 6.19. The summed E-state index contributed by atoms with van der Waals surface area (Å²) in [5.74, 6) is 1.22. The summed E-state index contributed by atoms with van der Waals surface area (Å²) in [4.78, 5) is 10.3. The summed E-state index contributed by atoms with van der Waals surface area (Å²) >= 11 is 10.1. The minimum Gasteiger partial charge on any atom is -0.456 e. The highest BCUT2D eigenvalue weighted by molar-refractivity contribution is 9.11. The Morgan fingerprint density at radius 1 is 1.10 bits per heavy atom. The van der Waals surface area contributed by atoms with Gasteiger partial charge < -0.3 is 4.74 Å². The topological polar surface area (TPSA) is 52.4 Å². The molecule has 0 aliphatic rings. The zero-order valence-corrected chi connectivity index (χ0v) is 14.7. The van der Waals surface area contributed by atoms with Crippen LogP contribution in [0, 0.1) is 10.1 Å². The molecule has 0 aromatic heterocycles. The Bertz CT molecular complexity index is 661. The van der Waals surface area contributed by atoms with Gasteiger partial charge in [0, 0.05) is 27.5 Å². The molecule has 0 amide bonds. The zero-order chi connectivity index (χ0) is 14.7. The lowest BCUT2D eigenvalue weighted by molar-refractivity contribution is -0.384. The van der Waals surface area contributed by atoms with E-state index in [-0.39, 0.29) is 5.69 Å². The third-order valence-electron chi connectivity index (χ3n) is 2.51. The second-order valence-electron chi connectivity index (χ2n) is 3.86. The standard InChI is InChI=1S/C13H8Br3NO3/c14-7-8-5-10(17(18)19)2-4-12(8)20-13-3-1-9(15)6-11(13)16/h1-6H,7H2. The Kier molecular flexibility index (Phi) is 5.17. The zero-order valence-electron chi connectivity index (χ0n) is 9.98. The number of nitro benzene ring substituents is 1. The second kappa shape index (κ2) is 6.69. The molecule has 7 heteroatoms. The first kappa shape index (κ1) is 15.5. The third-order valence-corrected chi connectivity index (χ3v) is 4.23. The van der Waals surface area contributed by atoms with Crippen LogP contribution in [0.1, 0.15) is 5.56 Å². The number of hydrogen-bond acceptors (Lipinski definition) is 3. The molecule has 0 aliphatic heterocycles. The first-order valence-electron chi connectivity index (χ1n) is 5.47. The van der Waals surface area contributed by atoms with Gasteiger partial charge in [-0.15, -0.1) is 0 Å². The molecule has 4 nitrogen and oxygen atoms in total. The minimum absolute atomic E-state index is 0.0432. The molecule has 0 N–H and O–H groups in total. The molecule has 0 fully saturated rings. The van der Waals surface area contributed by atoms with Crippen LogP contribution in [0.15, 0.2) is 45.3 Å². The van der Waals surface area contributed by atoms with E-state index in [4.69, 9.17) is 4.74 Å². The third kappa shape index (κ3) is 3.59. The molecular weight excluding hydrogens is 458 g/mol. The summed E-state index contributed by atoms with van der Waals surface area (Å²) in [5.41, 5.74) is 0.760. The van der Waals surface area contributed by atoms with E-state index >= 15 is 0 Å². The smallest absolute Gasteiger partial charge is 0.270 e. The largest absolute Gasteiger partial charge is 0.456 e. The van der Waals surface area contributed by atoms with E-state index in [9.17, 15) is 10.1 Å². The monoisotopic (exact) mass is 463 g/mol. The van der Waals surface area contributed by atoms with Crippen LogP contribution in [0.5, 0.6) is 11.5 Å². The van der Waals surface area contributed by atoms with Crippen molar-refractivity contribution in [3.8, 4) is 11.5 Å². The van der Waals surface area contributed by atoms with Crippen molar-refractivity contribution in [3.05, 3.63) is 61.0 Å². The maximum absolute atomic E-state index is 10.8. The van der Waals surface area contributed by atoms with Crippen molar-refractivity contribution in [2.24, 2.45) is 0 Å². The van der Waals surface area contributed by atoms with Crippen LogP contribution in [0.3, 0.4) is 0 Å². The van der Waals surface area contributed by atoms with Gasteiger partial charge in [-0.1, -0.05) is 31.9 Å². The van der Waals surface area contributed by atoms with Crippen molar-refractivity contribution < 1.29 is 9.66 Å². The number of nitro groups is 1. The van der Waals surface area contributed by atoms with Crippen LogP contribution < -0.4 is 4.74 Å². The average Bonchev–Trinajstić information content (AvgIpc) is 2.42. The number of hydrogen-bond donors (Lipinski definition) is 0. The van der Waals surface area contributed by atoms with Gasteiger partial charge in [-0.2, -0.15) is 0 Å². The molecule has 0 saturated heterocycles. The summed E-state index contributed by atoms with van der Waals surface area (Å²) in [6, 6.07) is 10.1. The van der Waals surface area contributed by atoms with Crippen molar-refractivity contribution in [2.45, 2.75) is 5.33 Å². The predicted octanol–water partition coefficient (Wildman–Crippen LogP) is 5.81. The predicted molar refractivity (Wildman–Crippen MR) is 87.6 cm³/mol. The molecule has 0 spiro atoms. The van der Waals surface area contributed by atoms with Crippen molar-refractivity contribution in [1.29, 1.82) is 0 Å². The number of halogens is 3. The molecule has 2 aromatic carbocycles. The highest BCUT2D eigenvalue weighted by Gasteiger charge is 2.12. The molecule has 0 radical (unpaired) electrons. The van der Waals surface area contributed by atoms with Crippen LogP contribution in [0.2, 0.25) is 0 Å². The van der Waals surface area contributed by atoms with E-state index in [0.717, 1.165) is 8.95 Å². The number of nitrogens with zero attached hydrogens (tertiary/aromatic N) is 1. The Balaban J connectivity index is 2.35. The van der Waals surface area contributed by atoms with Gasteiger partial charge in [-0.3, -0.25) is 10.1 Å². The van der Waals surface area contributed by atoms with Crippen LogP contribution in [-0.2, 0) is 5.33 Å². The van der Waals surface area contributed by atoms with Crippen LogP contribution in [0.4, 0.5) is 5.69 Å². The molecular formula is C13H8Br3NO3. The fraction of sp³-hybridized carbons (Fsp3) is 0.0769. The average molecular weight is 466 g/mol. The Morgan fingerprint density at radius 3 is 2.40 bits per heavy atom. The summed E-state index contributed by atoms with van der Waals surface area (Å²) in [7, 11) is 0. The van der Waals surface area contributed by atoms with Crippen molar-refractivity contribution in [3.63, 3.8) is 0 Å². The van der Waals surface area contributed by atoms with E-state index in [2.05, 4.69) is 47.8 Å². The lowest BCUT2D eigenvalue weighted by Gasteiger charge is -2.11. The summed E-state index contributed by atoms with van der Waals surface area (Å²) in [6.07, 6.45) is 0. The molecule has 20 heavy (non-hydrogen) atoms. The van der Waals surface area contributed by atoms with Crippen LogP contribution in [-0.4, -0.2) is 4.92 Å². The van der Waals surface area contributed by atoms with Gasteiger partial charge in [0.15, 0.2) is 0 Å². The van der Waals surface area contributed by atoms with Crippen molar-refractivity contribution in [2.75, 3.05) is 0 Å². The first-order valence-corrected chi connectivity index (χ1v) is 8.18. The molecule has 0 atom stereocenters. The molecule has 0 saturated carbocycles. The molecule has 2 aromatic rings. The lowest BCUT2D eigenvalue weighted by Crippen LogP contribution is -1.94. The number of benzene rings is 2. The highest BCUT2D eigenvalue weighted by Crippen LogP contribution is 2.35. The van der Waals surface area contributed by atoms with Crippen molar-refractivity contribution >= 4 is 53.5 Å². The van der Waals surface area contributed by atoms with Gasteiger partial charge >= 0.3 is 0 Å². The molecule has 104 valence electrons. The maximum Gasteiger partial charge on any atom is 0.270 e. The lowest BCUT2D eigenvalue weighted by atomic mass is 10.2. The number of rotatable bonds is 4. The van der Waals surface area contributed by atoms with E-state index < -0.39 is 4.92 Å². The normalized spacial score (nSPS) is 10.3. The van der Waals surface area contributed by atoms with Gasteiger partial charge in [-0.05, 0) is 40.2 Å². The molecule has 0 heterocycles. The SMILES string of the molecule is O=[N+]([O-])c1ccc(Oc2ccc(Br)cc2Br)c(CBr)c1.